The molecule has 3 heterocycles. The maximum atomic E-state index is 12.5. The first-order valence-electron chi connectivity index (χ1n) is 10.1. The van der Waals surface area contributed by atoms with Gasteiger partial charge in [-0.1, -0.05) is 0 Å². The Morgan fingerprint density at radius 3 is 2.56 bits per heavy atom. The Bertz CT molecular complexity index is 606. The molecule has 1 N–H and O–H groups in total. The summed E-state index contributed by atoms with van der Waals surface area (Å²) < 4.78 is 38.2. The molecule has 1 saturated carbocycles. The second-order valence-electron chi connectivity index (χ2n) is 7.91. The minimum absolute atomic E-state index is 0.0343. The number of nitrogens with one attached hydrogen (secondary N) is 1. The highest BCUT2D eigenvalue weighted by molar-refractivity contribution is 7.88. The molecule has 1 amide bonds. The number of nitrogens with zero attached hydrogens (tertiary/aromatic N) is 2. The first-order valence-corrected chi connectivity index (χ1v) is 12.0. The molecular formula is C18H33N3O5S. The van der Waals surface area contributed by atoms with Gasteiger partial charge < -0.3 is 14.4 Å². The molecule has 8 nitrogen and oxygen atoms in total. The van der Waals surface area contributed by atoms with E-state index in [2.05, 4.69) is 9.62 Å². The summed E-state index contributed by atoms with van der Waals surface area (Å²) in [7, 11) is -3.29. The molecule has 4 rings (SSSR count). The van der Waals surface area contributed by atoms with Crippen molar-refractivity contribution in [1.29, 1.82) is 0 Å². The Hall–Kier alpha value is -0.900. The van der Waals surface area contributed by atoms with Crippen LogP contribution < -0.4 is 4.72 Å². The van der Waals surface area contributed by atoms with E-state index in [4.69, 9.17) is 9.47 Å². The second kappa shape index (κ2) is 9.07. The molecule has 2 atom stereocenters. The van der Waals surface area contributed by atoms with Gasteiger partial charge in [-0.3, -0.25) is 4.90 Å². The zero-order valence-corrected chi connectivity index (χ0v) is 17.2. The summed E-state index contributed by atoms with van der Waals surface area (Å²) in [5.74, 6) is 0. The summed E-state index contributed by atoms with van der Waals surface area (Å²) in [5, 5.41) is 0. The quantitative estimate of drug-likeness (QED) is 0.761. The van der Waals surface area contributed by atoms with Crippen LogP contribution in [0.5, 0.6) is 0 Å². The number of carbonyl (C=O) groups is 1. The summed E-state index contributed by atoms with van der Waals surface area (Å²) in [6.07, 6.45) is 6.54. The first-order chi connectivity index (χ1) is 12.9. The fraction of sp³-hybridized carbons (Fsp3) is 0.944. The molecule has 0 radical (unpaired) electrons. The Morgan fingerprint density at radius 2 is 1.89 bits per heavy atom. The number of hydrogen-bond acceptors (Lipinski definition) is 6. The average Bonchev–Trinajstić information content (AvgIpc) is 2.62. The third-order valence-corrected chi connectivity index (χ3v) is 6.76. The minimum atomic E-state index is -3.29. The lowest BCUT2D eigenvalue weighted by molar-refractivity contribution is -0.0310. The Balaban J connectivity index is 1.75. The predicted octanol–water partition coefficient (Wildman–Crippen LogP) is 1.17. The number of piperidine rings is 1. The van der Waals surface area contributed by atoms with Gasteiger partial charge in [-0.15, -0.1) is 0 Å². The zero-order chi connectivity index (χ0) is 19.4. The van der Waals surface area contributed by atoms with Crippen molar-refractivity contribution >= 4 is 16.1 Å². The molecule has 27 heavy (non-hydrogen) atoms. The second-order valence-corrected chi connectivity index (χ2v) is 9.69. The van der Waals surface area contributed by atoms with Crippen molar-refractivity contribution in [2.75, 3.05) is 39.1 Å². The molecule has 156 valence electrons. The van der Waals surface area contributed by atoms with Crippen molar-refractivity contribution in [1.82, 2.24) is 14.5 Å². The van der Waals surface area contributed by atoms with E-state index < -0.39 is 10.0 Å². The molecule has 0 spiro atoms. The summed E-state index contributed by atoms with van der Waals surface area (Å²) in [6, 6.07) is 0.0244. The summed E-state index contributed by atoms with van der Waals surface area (Å²) >= 11 is 0. The van der Waals surface area contributed by atoms with Crippen LogP contribution in [0.25, 0.3) is 0 Å². The van der Waals surface area contributed by atoms with Crippen molar-refractivity contribution < 1.29 is 22.7 Å². The molecule has 4 aliphatic rings. The summed E-state index contributed by atoms with van der Waals surface area (Å²) in [4.78, 5) is 16.6. The van der Waals surface area contributed by atoms with E-state index in [0.29, 0.717) is 26.3 Å². The standard InChI is InChI=1S/C18H33N3O5S/c1-3-21-14-6-8-15(9-7-14)26-13-17-16(19-27(2,23)24)5-4-10-20(17)11-12-25-18(21)22/h14-17,19H,3-13H2,1-2H3/t14?,15?,16-,17?/m0/s1. The highest BCUT2D eigenvalue weighted by Gasteiger charge is 2.36. The van der Waals surface area contributed by atoms with Crippen LogP contribution in [-0.2, 0) is 19.5 Å². The van der Waals surface area contributed by atoms with Crippen LogP contribution in [0.4, 0.5) is 4.79 Å². The SMILES string of the molecule is CCN1C(=O)OCCN2CCC[C@H](NS(C)(=O)=O)C2COC2CCC1CC2. The van der Waals surface area contributed by atoms with Gasteiger partial charge in [-0.25, -0.2) is 17.9 Å². The molecule has 2 bridgehead atoms. The van der Waals surface area contributed by atoms with Crippen molar-refractivity contribution in [3.63, 3.8) is 0 Å². The Labute approximate surface area is 162 Å². The number of sulfonamides is 1. The largest absolute Gasteiger partial charge is 0.448 e. The number of rotatable bonds is 3. The molecule has 1 unspecified atom stereocenters. The van der Waals surface area contributed by atoms with E-state index in [0.717, 1.165) is 45.1 Å². The van der Waals surface area contributed by atoms with Gasteiger partial charge >= 0.3 is 6.09 Å². The van der Waals surface area contributed by atoms with Gasteiger partial charge in [0, 0.05) is 31.2 Å². The molecule has 0 aromatic carbocycles. The topological polar surface area (TPSA) is 88.2 Å². The normalized spacial score (nSPS) is 34.1. The highest BCUT2D eigenvalue weighted by Crippen LogP contribution is 2.27. The van der Waals surface area contributed by atoms with Crippen LogP contribution in [0, 0.1) is 0 Å². The molecule has 1 aliphatic carbocycles. The lowest BCUT2D eigenvalue weighted by atomic mass is 9.91. The average molecular weight is 404 g/mol. The van der Waals surface area contributed by atoms with Gasteiger partial charge in [0.15, 0.2) is 0 Å². The fourth-order valence-corrected chi connectivity index (χ4v) is 5.49. The molecule has 3 aliphatic heterocycles. The highest BCUT2D eigenvalue weighted by atomic mass is 32.2. The van der Waals surface area contributed by atoms with E-state index in [1.54, 1.807) is 0 Å². The van der Waals surface area contributed by atoms with Gasteiger partial charge in [0.05, 0.1) is 19.0 Å². The monoisotopic (exact) mass is 403 g/mol. The van der Waals surface area contributed by atoms with E-state index in [1.807, 2.05) is 11.8 Å². The molecule has 4 fully saturated rings. The van der Waals surface area contributed by atoms with Crippen LogP contribution in [0.15, 0.2) is 0 Å². The first kappa shape index (κ1) is 20.8. The maximum Gasteiger partial charge on any atom is 0.410 e. The number of carbonyl (C=O) groups excluding carboxylic acids is 1. The zero-order valence-electron chi connectivity index (χ0n) is 16.4. The molecule has 0 aromatic rings. The van der Waals surface area contributed by atoms with Crippen LogP contribution in [0.3, 0.4) is 0 Å². The van der Waals surface area contributed by atoms with E-state index in [9.17, 15) is 13.2 Å². The third kappa shape index (κ3) is 5.56. The van der Waals surface area contributed by atoms with E-state index in [1.165, 1.54) is 6.26 Å². The van der Waals surface area contributed by atoms with Gasteiger partial charge in [0.25, 0.3) is 0 Å². The number of ether oxygens (including phenoxy) is 2. The van der Waals surface area contributed by atoms with Gasteiger partial charge in [0.2, 0.25) is 10.0 Å². The van der Waals surface area contributed by atoms with Crippen LogP contribution in [0.1, 0.15) is 45.4 Å². The van der Waals surface area contributed by atoms with Gasteiger partial charge in [0.1, 0.15) is 6.61 Å². The molecular weight excluding hydrogens is 370 g/mol. The van der Waals surface area contributed by atoms with Crippen molar-refractivity contribution in [3.05, 3.63) is 0 Å². The number of fused-ring (bicyclic) bond motifs is 7. The van der Waals surface area contributed by atoms with E-state index in [-0.39, 0.29) is 30.3 Å². The van der Waals surface area contributed by atoms with E-state index >= 15 is 0 Å². The van der Waals surface area contributed by atoms with Gasteiger partial charge in [-0.05, 0) is 52.0 Å². The third-order valence-electron chi connectivity index (χ3n) is 6.03. The maximum absolute atomic E-state index is 12.5. The van der Waals surface area contributed by atoms with Crippen LogP contribution in [-0.4, -0.2) is 87.6 Å². The van der Waals surface area contributed by atoms with Crippen molar-refractivity contribution in [3.8, 4) is 0 Å². The predicted molar refractivity (Wildman–Crippen MR) is 102 cm³/mol. The molecule has 0 aromatic heterocycles. The lowest BCUT2D eigenvalue weighted by Crippen LogP contribution is -2.58. The molecule has 9 heteroatoms. The number of hydrogen-bond donors (Lipinski definition) is 1. The van der Waals surface area contributed by atoms with Gasteiger partial charge in [-0.2, -0.15) is 0 Å². The lowest BCUT2D eigenvalue weighted by Gasteiger charge is -2.41. The smallest absolute Gasteiger partial charge is 0.410 e. The summed E-state index contributed by atoms with van der Waals surface area (Å²) in [5.41, 5.74) is 0. The minimum Gasteiger partial charge on any atom is -0.448 e. The fourth-order valence-electron chi connectivity index (χ4n) is 4.67. The Kier molecular flexibility index (Phi) is 6.99. The van der Waals surface area contributed by atoms with Crippen LogP contribution in [0.2, 0.25) is 0 Å². The molecule has 3 saturated heterocycles. The van der Waals surface area contributed by atoms with Crippen molar-refractivity contribution in [2.45, 2.75) is 69.7 Å². The number of amides is 1. The van der Waals surface area contributed by atoms with Crippen molar-refractivity contribution in [2.24, 2.45) is 0 Å². The summed E-state index contributed by atoms with van der Waals surface area (Å²) in [6.45, 7) is 4.92. The Morgan fingerprint density at radius 1 is 1.15 bits per heavy atom. The van der Waals surface area contributed by atoms with Crippen LogP contribution >= 0.6 is 0 Å².